The molecule has 0 radical (unpaired) electrons. The number of aromatic nitrogens is 1. The van der Waals surface area contributed by atoms with Crippen LogP contribution < -0.4 is 10.6 Å². The fourth-order valence-corrected chi connectivity index (χ4v) is 3.04. The monoisotopic (exact) mass is 389 g/mol. The molecule has 0 aliphatic carbocycles. The number of piperidine rings is 1. The summed E-state index contributed by atoms with van der Waals surface area (Å²) in [7, 11) is 0. The minimum absolute atomic E-state index is 0.209. The van der Waals surface area contributed by atoms with E-state index in [2.05, 4.69) is 22.5 Å². The van der Waals surface area contributed by atoms with Gasteiger partial charge in [-0.2, -0.15) is 0 Å². The number of amides is 1. The molecule has 0 saturated carbocycles. The van der Waals surface area contributed by atoms with E-state index in [-0.39, 0.29) is 6.09 Å². The van der Waals surface area contributed by atoms with E-state index in [1.807, 2.05) is 50.1 Å². The van der Waals surface area contributed by atoms with Crippen LogP contribution in [-0.2, 0) is 11.2 Å². The first-order valence-electron chi connectivity index (χ1n) is 10.3. The Labute approximate surface area is 169 Å². The molecule has 7 heteroatoms. The topological polar surface area (TPSA) is 78.9 Å². The van der Waals surface area contributed by atoms with E-state index in [9.17, 15) is 4.79 Å². The fourth-order valence-electron chi connectivity index (χ4n) is 3.04. The van der Waals surface area contributed by atoms with Crippen LogP contribution in [0.25, 0.3) is 0 Å². The van der Waals surface area contributed by atoms with Crippen molar-refractivity contribution in [2.45, 2.75) is 52.6 Å². The van der Waals surface area contributed by atoms with Crippen LogP contribution in [0.1, 0.15) is 46.2 Å². The maximum absolute atomic E-state index is 12.2. The van der Waals surface area contributed by atoms with Gasteiger partial charge in [0.2, 0.25) is 0 Å². The number of carbonyl (C=O) groups excluding carboxylic acids is 1. The molecule has 1 aliphatic rings. The Morgan fingerprint density at radius 2 is 2.04 bits per heavy atom. The summed E-state index contributed by atoms with van der Waals surface area (Å²) >= 11 is 0. The number of hydrogen-bond donors (Lipinski definition) is 2. The first-order chi connectivity index (χ1) is 13.4. The number of aliphatic imine (C=N–C) groups is 1. The fraction of sp³-hybridized carbons (Fsp3) is 0.667. The predicted molar refractivity (Wildman–Crippen MR) is 112 cm³/mol. The number of guanidine groups is 1. The van der Waals surface area contributed by atoms with Crippen LogP contribution in [0.3, 0.4) is 0 Å². The lowest BCUT2D eigenvalue weighted by Crippen LogP contribution is -2.42. The minimum Gasteiger partial charge on any atom is -0.444 e. The molecule has 1 aromatic rings. The van der Waals surface area contributed by atoms with Crippen LogP contribution in [0.5, 0.6) is 0 Å². The number of likely N-dealkylation sites (tertiary alicyclic amines) is 1. The molecule has 1 amide bonds. The summed E-state index contributed by atoms with van der Waals surface area (Å²) < 4.78 is 5.46. The Morgan fingerprint density at radius 1 is 1.29 bits per heavy atom. The van der Waals surface area contributed by atoms with Crippen molar-refractivity contribution in [2.75, 3.05) is 32.7 Å². The smallest absolute Gasteiger partial charge is 0.410 e. The van der Waals surface area contributed by atoms with Gasteiger partial charge in [-0.05, 0) is 58.6 Å². The predicted octanol–water partition coefficient (Wildman–Crippen LogP) is 2.83. The van der Waals surface area contributed by atoms with Gasteiger partial charge < -0.3 is 20.3 Å². The largest absolute Gasteiger partial charge is 0.444 e. The van der Waals surface area contributed by atoms with E-state index in [0.717, 1.165) is 63.6 Å². The van der Waals surface area contributed by atoms with Crippen molar-refractivity contribution in [1.29, 1.82) is 0 Å². The third kappa shape index (κ3) is 8.15. The molecule has 0 spiro atoms. The third-order valence-corrected chi connectivity index (χ3v) is 4.52. The lowest BCUT2D eigenvalue weighted by Gasteiger charge is -2.33. The second kappa shape index (κ2) is 10.9. The van der Waals surface area contributed by atoms with Gasteiger partial charge in [0.1, 0.15) is 5.60 Å². The van der Waals surface area contributed by atoms with Crippen molar-refractivity contribution in [2.24, 2.45) is 10.9 Å². The Kier molecular flexibility index (Phi) is 8.54. The molecule has 0 bridgehead atoms. The number of hydrogen-bond acceptors (Lipinski definition) is 4. The highest BCUT2D eigenvalue weighted by atomic mass is 16.6. The Bertz CT molecular complexity index is 619. The van der Waals surface area contributed by atoms with Crippen LogP contribution >= 0.6 is 0 Å². The summed E-state index contributed by atoms with van der Waals surface area (Å²) in [6, 6.07) is 5.96. The summed E-state index contributed by atoms with van der Waals surface area (Å²) in [6.45, 7) is 11.6. The number of pyridine rings is 1. The zero-order valence-electron chi connectivity index (χ0n) is 17.7. The van der Waals surface area contributed by atoms with Crippen LogP contribution in [-0.4, -0.2) is 60.3 Å². The standard InChI is InChI=1S/C21H35N5O2/c1-5-22-19(24-13-9-18-8-6-7-12-23-18)25-16-17-10-14-26(15-11-17)20(27)28-21(2,3)4/h6-8,12,17H,5,9-11,13-16H2,1-4H3,(H2,22,24,25). The van der Waals surface area contributed by atoms with Gasteiger partial charge in [-0.1, -0.05) is 6.07 Å². The van der Waals surface area contributed by atoms with E-state index >= 15 is 0 Å². The van der Waals surface area contributed by atoms with Gasteiger partial charge in [-0.25, -0.2) is 4.79 Å². The lowest BCUT2D eigenvalue weighted by atomic mass is 9.97. The maximum Gasteiger partial charge on any atom is 0.410 e. The number of carbonyl (C=O) groups is 1. The SMILES string of the molecule is CCNC(=NCC1CCN(C(=O)OC(C)(C)C)CC1)NCCc1ccccn1. The van der Waals surface area contributed by atoms with E-state index in [1.165, 1.54) is 0 Å². The molecule has 0 atom stereocenters. The maximum atomic E-state index is 12.2. The Morgan fingerprint density at radius 3 is 2.64 bits per heavy atom. The number of nitrogens with one attached hydrogen (secondary N) is 2. The summed E-state index contributed by atoms with van der Waals surface area (Å²) in [4.78, 5) is 23.0. The molecule has 1 saturated heterocycles. The molecule has 1 fully saturated rings. The molecule has 7 nitrogen and oxygen atoms in total. The quantitative estimate of drug-likeness (QED) is 0.578. The molecule has 0 aromatic carbocycles. The number of nitrogens with zero attached hydrogens (tertiary/aromatic N) is 3. The average Bonchev–Trinajstić information content (AvgIpc) is 2.66. The third-order valence-electron chi connectivity index (χ3n) is 4.52. The van der Waals surface area contributed by atoms with Crippen molar-refractivity contribution in [3.05, 3.63) is 30.1 Å². The average molecular weight is 390 g/mol. The molecule has 2 N–H and O–H groups in total. The highest BCUT2D eigenvalue weighted by molar-refractivity contribution is 5.79. The molecule has 2 rings (SSSR count). The molecule has 1 aromatic heterocycles. The summed E-state index contributed by atoms with van der Waals surface area (Å²) in [5.41, 5.74) is 0.625. The van der Waals surface area contributed by atoms with Gasteiger partial charge in [-0.15, -0.1) is 0 Å². The van der Waals surface area contributed by atoms with E-state index < -0.39 is 5.60 Å². The van der Waals surface area contributed by atoms with Gasteiger partial charge in [-0.3, -0.25) is 9.98 Å². The molecule has 0 unspecified atom stereocenters. The number of ether oxygens (including phenoxy) is 1. The van der Waals surface area contributed by atoms with E-state index in [0.29, 0.717) is 5.92 Å². The van der Waals surface area contributed by atoms with E-state index in [1.54, 1.807) is 0 Å². The Balaban J connectivity index is 1.74. The van der Waals surface area contributed by atoms with Crippen molar-refractivity contribution >= 4 is 12.1 Å². The summed E-state index contributed by atoms with van der Waals surface area (Å²) in [6.07, 6.45) is 4.38. The zero-order chi connectivity index (χ0) is 20.4. The molecule has 1 aliphatic heterocycles. The van der Waals surface area contributed by atoms with Crippen LogP contribution in [0.4, 0.5) is 4.79 Å². The van der Waals surface area contributed by atoms with Gasteiger partial charge in [0.25, 0.3) is 0 Å². The second-order valence-electron chi connectivity index (χ2n) is 8.13. The molecule has 28 heavy (non-hydrogen) atoms. The van der Waals surface area contributed by atoms with Gasteiger partial charge >= 0.3 is 6.09 Å². The van der Waals surface area contributed by atoms with Crippen LogP contribution in [0.2, 0.25) is 0 Å². The highest BCUT2D eigenvalue weighted by Gasteiger charge is 2.26. The normalized spacial score (nSPS) is 16.0. The Hall–Kier alpha value is -2.31. The zero-order valence-corrected chi connectivity index (χ0v) is 17.7. The van der Waals surface area contributed by atoms with E-state index in [4.69, 9.17) is 9.73 Å². The van der Waals surface area contributed by atoms with Crippen molar-refractivity contribution in [3.63, 3.8) is 0 Å². The summed E-state index contributed by atoms with van der Waals surface area (Å²) in [5.74, 6) is 1.33. The van der Waals surface area contributed by atoms with Crippen molar-refractivity contribution in [1.82, 2.24) is 20.5 Å². The molecular weight excluding hydrogens is 354 g/mol. The highest BCUT2D eigenvalue weighted by Crippen LogP contribution is 2.19. The molecule has 2 heterocycles. The van der Waals surface area contributed by atoms with Gasteiger partial charge in [0.05, 0.1) is 0 Å². The number of rotatable bonds is 6. The van der Waals surface area contributed by atoms with Gasteiger partial charge in [0, 0.05) is 51.0 Å². The van der Waals surface area contributed by atoms with Crippen molar-refractivity contribution in [3.8, 4) is 0 Å². The van der Waals surface area contributed by atoms with Gasteiger partial charge in [0.15, 0.2) is 5.96 Å². The second-order valence-corrected chi connectivity index (χ2v) is 8.13. The molecule has 156 valence electrons. The minimum atomic E-state index is -0.445. The first-order valence-corrected chi connectivity index (χ1v) is 10.3. The van der Waals surface area contributed by atoms with Crippen LogP contribution in [0.15, 0.2) is 29.4 Å². The van der Waals surface area contributed by atoms with Crippen molar-refractivity contribution < 1.29 is 9.53 Å². The molecular formula is C21H35N5O2. The summed E-state index contributed by atoms with van der Waals surface area (Å²) in [5, 5.41) is 6.67. The first kappa shape index (κ1) is 22.0. The lowest BCUT2D eigenvalue weighted by molar-refractivity contribution is 0.0187. The van der Waals surface area contributed by atoms with Crippen LogP contribution in [0, 0.1) is 5.92 Å².